The molecule has 404 valence electrons. The number of rotatable bonds is 15. The molecule has 0 spiro atoms. The van der Waals surface area contributed by atoms with Crippen LogP contribution in [0.15, 0.2) is 4.99 Å². The summed E-state index contributed by atoms with van der Waals surface area (Å²) in [6.07, 6.45) is -5.47. The van der Waals surface area contributed by atoms with Gasteiger partial charge in [0.1, 0.15) is 48.3 Å². The molecular weight excluding hydrogens is 937 g/mol. The molecule has 1 rings (SSSR count). The Labute approximate surface area is 412 Å². The van der Waals surface area contributed by atoms with E-state index in [1.54, 1.807) is 41.5 Å². The smallest absolute Gasteiger partial charge is 0.248 e. The average molecular weight is 1020 g/mol. The Kier molecular flexibility index (Phi) is 26.4. The Balaban J connectivity index is 4.05. The van der Waals surface area contributed by atoms with Crippen molar-refractivity contribution in [2.45, 2.75) is 161 Å². The Morgan fingerprint density at radius 2 is 1.14 bits per heavy atom. The Bertz CT molecular complexity index is 1900. The number of hydrogen-bond donors (Lipinski definition) is 17. The van der Waals surface area contributed by atoms with Gasteiger partial charge in [0.15, 0.2) is 12.1 Å². The van der Waals surface area contributed by atoms with Gasteiger partial charge in [0, 0.05) is 6.54 Å². The summed E-state index contributed by atoms with van der Waals surface area (Å²) in [6.45, 7) is 11.9. The molecule has 0 aromatic rings. The number of aliphatic imine (C=N–C) groups is 1. The molecule has 1 saturated heterocycles. The quantitative estimate of drug-likeness (QED) is 0.0412. The lowest BCUT2D eigenvalue weighted by Gasteiger charge is -2.33. The molecule has 1 aliphatic rings. The van der Waals surface area contributed by atoms with Crippen LogP contribution in [-0.4, -0.2) is 178 Å². The van der Waals surface area contributed by atoms with Crippen molar-refractivity contribution in [2.24, 2.45) is 51.6 Å². The summed E-state index contributed by atoms with van der Waals surface area (Å²) >= 11 is 0. The van der Waals surface area contributed by atoms with Gasteiger partial charge in [0.25, 0.3) is 0 Å². The molecule has 71 heavy (non-hydrogen) atoms. The van der Waals surface area contributed by atoms with Gasteiger partial charge in [-0.3, -0.25) is 52.9 Å². The van der Waals surface area contributed by atoms with Crippen LogP contribution in [0.25, 0.3) is 0 Å². The second kappa shape index (κ2) is 29.8. The van der Waals surface area contributed by atoms with Crippen LogP contribution in [0.5, 0.6) is 0 Å². The molecule has 0 bridgehead atoms. The van der Waals surface area contributed by atoms with Crippen LogP contribution in [0.3, 0.4) is 0 Å². The highest BCUT2D eigenvalue weighted by atomic mass is 16.3. The number of nitrogens with two attached hydrogens (primary N) is 4. The molecule has 1 aliphatic heterocycles. The standard InChI is InChI=1S/C43H78N14O14/c1-10-20(8)28-40(69)56-29(21(9)59)39(68)49-15-25(60)53-31(33(62)34(45)63)42(71)52-24(16-58)37(66)54-27(18(4)5)26(44)38(67)57-30(32(61)19(6)7)41(70)51-23(14-17(2)3)36(65)50-22(35(64)55-28)12-11-13-48-43(46)47/h17-24,26-33,58-59,61-62H,10-16,44H2,1-9H3,(H2,45,63)(H,49,68)(H,50,65)(H,51,70)(H,52,71)(H,53,60)(H,54,66)(H,55,64)(H,56,69)(H,57,67)(H4,46,47,48)/t20-,21-,22+,23-,24?,26-,27+,28-,29-,30-,31?,32+,33-/m0/s1. The number of aliphatic hydroxyl groups is 4. The molecule has 0 aromatic heterocycles. The van der Waals surface area contributed by atoms with E-state index in [9.17, 15) is 68.4 Å². The topological polar surface area (TPSA) is 476 Å². The van der Waals surface area contributed by atoms with Gasteiger partial charge in [-0.1, -0.05) is 61.8 Å². The molecule has 13 atom stereocenters. The Morgan fingerprint density at radius 1 is 0.634 bits per heavy atom. The van der Waals surface area contributed by atoms with Gasteiger partial charge >= 0.3 is 0 Å². The number of hydrogen-bond acceptors (Lipinski definition) is 16. The second-order valence-electron chi connectivity index (χ2n) is 18.7. The lowest BCUT2D eigenvalue weighted by molar-refractivity contribution is -0.140. The lowest BCUT2D eigenvalue weighted by Crippen LogP contribution is -2.66. The fourth-order valence-electron chi connectivity index (χ4n) is 7.06. The first kappa shape index (κ1) is 62.8. The predicted molar refractivity (Wildman–Crippen MR) is 255 cm³/mol. The van der Waals surface area contributed by atoms with Crippen LogP contribution in [0.2, 0.25) is 0 Å². The van der Waals surface area contributed by atoms with Gasteiger partial charge in [0.05, 0.1) is 31.4 Å². The van der Waals surface area contributed by atoms with E-state index in [-0.39, 0.29) is 44.1 Å². The van der Waals surface area contributed by atoms with Gasteiger partial charge in [0.2, 0.25) is 59.1 Å². The summed E-state index contributed by atoms with van der Waals surface area (Å²) in [5.74, 6) is -14.0. The molecule has 1 fully saturated rings. The maximum absolute atomic E-state index is 14.2. The van der Waals surface area contributed by atoms with Crippen LogP contribution in [0.4, 0.5) is 0 Å². The summed E-state index contributed by atoms with van der Waals surface area (Å²) in [6, 6.07) is -15.0. The van der Waals surface area contributed by atoms with Crippen LogP contribution in [0, 0.1) is 23.7 Å². The van der Waals surface area contributed by atoms with Crippen molar-refractivity contribution in [2.75, 3.05) is 19.7 Å². The summed E-state index contributed by atoms with van der Waals surface area (Å²) < 4.78 is 0. The maximum atomic E-state index is 14.2. The molecule has 28 heteroatoms. The van der Waals surface area contributed by atoms with Gasteiger partial charge in [-0.15, -0.1) is 0 Å². The van der Waals surface area contributed by atoms with Crippen molar-refractivity contribution in [3.8, 4) is 0 Å². The van der Waals surface area contributed by atoms with Crippen LogP contribution in [0.1, 0.15) is 88.0 Å². The third-order valence-electron chi connectivity index (χ3n) is 11.5. The molecular formula is C43H78N14O14. The summed E-state index contributed by atoms with van der Waals surface area (Å²) in [7, 11) is 0. The zero-order valence-corrected chi connectivity index (χ0v) is 41.8. The highest BCUT2D eigenvalue weighted by Gasteiger charge is 2.40. The maximum Gasteiger partial charge on any atom is 0.248 e. The first-order chi connectivity index (χ1) is 33.0. The number of guanidine groups is 1. The van der Waals surface area contributed by atoms with Crippen molar-refractivity contribution in [3.63, 3.8) is 0 Å². The van der Waals surface area contributed by atoms with E-state index in [1.807, 2.05) is 5.32 Å². The number of aliphatic hydroxyl groups excluding tert-OH is 4. The van der Waals surface area contributed by atoms with E-state index in [0.717, 1.165) is 6.92 Å². The van der Waals surface area contributed by atoms with Crippen LogP contribution < -0.4 is 70.8 Å². The SMILES string of the molecule is CC[C@H](C)[C@@H]1NC(=O)[C@@H](CCCN=C(N)N)NC(=O)[C@H](CC(C)C)NC(=O)[C@H]([C@H](O)C(C)C)NC(=O)[C@@H](N)[C@@H](C(C)C)NC(=O)C(CO)NC(=O)C([C@H](O)C(N)=O)NC(=O)CNC(=O)[C@H]([C@H](C)O)NC1=O. The average Bonchev–Trinajstić information content (AvgIpc) is 3.29. The minimum absolute atomic E-state index is 0.00612. The van der Waals surface area contributed by atoms with Gasteiger partial charge in [-0.25, -0.2) is 0 Å². The number of carbonyl (C=O) groups is 10. The number of primary amides is 1. The highest BCUT2D eigenvalue weighted by molar-refractivity contribution is 5.99. The zero-order chi connectivity index (χ0) is 54.6. The fraction of sp³-hybridized carbons (Fsp3) is 0.744. The van der Waals surface area contributed by atoms with Crippen LogP contribution in [-0.2, 0) is 47.9 Å². The first-order valence-corrected chi connectivity index (χ1v) is 23.4. The number of nitrogens with zero attached hydrogens (tertiary/aromatic N) is 1. The van der Waals surface area contributed by atoms with E-state index in [4.69, 9.17) is 22.9 Å². The van der Waals surface area contributed by atoms with Crippen LogP contribution >= 0.6 is 0 Å². The fourth-order valence-corrected chi connectivity index (χ4v) is 7.06. The van der Waals surface area contributed by atoms with Crippen molar-refractivity contribution in [1.82, 2.24) is 47.9 Å². The van der Waals surface area contributed by atoms with Gasteiger partial charge in [-0.05, 0) is 49.9 Å². The third-order valence-corrected chi connectivity index (χ3v) is 11.5. The molecule has 0 saturated carbocycles. The first-order valence-electron chi connectivity index (χ1n) is 23.4. The molecule has 2 unspecified atom stereocenters. The lowest BCUT2D eigenvalue weighted by atomic mass is 9.94. The Hall–Kier alpha value is -6.23. The van der Waals surface area contributed by atoms with Crippen molar-refractivity contribution >= 4 is 65.0 Å². The van der Waals surface area contributed by atoms with E-state index in [1.165, 1.54) is 13.8 Å². The molecule has 0 radical (unpaired) electrons. The minimum Gasteiger partial charge on any atom is -0.394 e. The monoisotopic (exact) mass is 1010 g/mol. The van der Waals surface area contributed by atoms with Crippen molar-refractivity contribution in [1.29, 1.82) is 0 Å². The zero-order valence-electron chi connectivity index (χ0n) is 41.8. The van der Waals surface area contributed by atoms with Gasteiger partial charge < -0.3 is 91.2 Å². The number of carbonyl (C=O) groups excluding carboxylic acids is 10. The molecule has 21 N–H and O–H groups in total. The molecule has 10 amide bonds. The normalized spacial score (nSPS) is 27.4. The second-order valence-corrected chi connectivity index (χ2v) is 18.7. The summed E-state index contributed by atoms with van der Waals surface area (Å²) in [5.41, 5.74) is 22.5. The Morgan fingerprint density at radius 3 is 1.65 bits per heavy atom. The third kappa shape index (κ3) is 20.2. The van der Waals surface area contributed by atoms with E-state index in [2.05, 4.69) is 47.5 Å². The molecule has 0 aliphatic carbocycles. The minimum atomic E-state index is -2.45. The van der Waals surface area contributed by atoms with Crippen molar-refractivity contribution in [3.05, 3.63) is 0 Å². The van der Waals surface area contributed by atoms with Crippen molar-refractivity contribution < 1.29 is 68.4 Å². The number of nitrogens with one attached hydrogen (secondary N) is 9. The molecule has 1 heterocycles. The highest BCUT2D eigenvalue weighted by Crippen LogP contribution is 2.15. The summed E-state index contributed by atoms with van der Waals surface area (Å²) in [4.78, 5) is 140. The molecule has 0 aromatic carbocycles. The van der Waals surface area contributed by atoms with E-state index >= 15 is 0 Å². The number of amides is 10. The largest absolute Gasteiger partial charge is 0.394 e. The van der Waals surface area contributed by atoms with Gasteiger partial charge in [-0.2, -0.15) is 0 Å². The predicted octanol–water partition coefficient (Wildman–Crippen LogP) is -7.64. The van der Waals surface area contributed by atoms with E-state index < -0.39 is 163 Å². The summed E-state index contributed by atoms with van der Waals surface area (Å²) in [5, 5.41) is 63.8. The molecule has 28 nitrogen and oxygen atoms in total. The van der Waals surface area contributed by atoms with E-state index in [0.29, 0.717) is 0 Å².